The molecule has 1 fully saturated rings. The highest BCUT2D eigenvalue weighted by Crippen LogP contribution is 2.37. The fourth-order valence-electron chi connectivity index (χ4n) is 4.34. The van der Waals surface area contributed by atoms with Gasteiger partial charge in [-0.25, -0.2) is 13.3 Å². The largest absolute Gasteiger partial charge is 0.379 e. The molecule has 1 saturated heterocycles. The van der Waals surface area contributed by atoms with Crippen LogP contribution in [0.2, 0.25) is 0 Å². The summed E-state index contributed by atoms with van der Waals surface area (Å²) in [5, 5.41) is 7.22. The molecule has 32 heavy (non-hydrogen) atoms. The highest BCUT2D eigenvalue weighted by atomic mass is 32.2. The number of H-pyrrole nitrogens is 1. The number of sulfonamides is 1. The summed E-state index contributed by atoms with van der Waals surface area (Å²) in [5.74, 6) is -1.01. The molecule has 2 aliphatic heterocycles. The van der Waals surface area contributed by atoms with Crippen molar-refractivity contribution in [2.45, 2.75) is 25.7 Å². The van der Waals surface area contributed by atoms with E-state index in [9.17, 15) is 18.0 Å². The molecule has 0 spiro atoms. The number of hydrogen-bond acceptors (Lipinski definition) is 7. The molecule has 2 aromatic heterocycles. The van der Waals surface area contributed by atoms with E-state index in [0.717, 1.165) is 4.90 Å². The van der Waals surface area contributed by atoms with E-state index in [2.05, 4.69) is 15.2 Å². The van der Waals surface area contributed by atoms with Gasteiger partial charge in [0.2, 0.25) is 10.0 Å². The number of imide groups is 1. The Morgan fingerprint density at radius 1 is 1.00 bits per heavy atom. The normalized spacial score (nSPS) is 17.4. The van der Waals surface area contributed by atoms with Crippen molar-refractivity contribution in [2.75, 3.05) is 31.2 Å². The van der Waals surface area contributed by atoms with E-state index in [-0.39, 0.29) is 29.1 Å². The molecule has 11 heteroatoms. The number of carbonyl (C=O) groups excluding carboxylic acids is 2. The maximum atomic E-state index is 13.5. The van der Waals surface area contributed by atoms with Crippen molar-refractivity contribution in [3.05, 3.63) is 46.4 Å². The summed E-state index contributed by atoms with van der Waals surface area (Å²) in [6, 6.07) is 4.50. The van der Waals surface area contributed by atoms with Crippen LogP contribution in [0.15, 0.2) is 23.1 Å². The van der Waals surface area contributed by atoms with E-state index in [1.165, 1.54) is 16.4 Å². The first-order valence-electron chi connectivity index (χ1n) is 10.1. The van der Waals surface area contributed by atoms with Crippen molar-refractivity contribution in [1.82, 2.24) is 19.5 Å². The van der Waals surface area contributed by atoms with Gasteiger partial charge < -0.3 is 4.74 Å². The van der Waals surface area contributed by atoms with E-state index < -0.39 is 21.8 Å². The number of amides is 2. The Bertz CT molecular complexity index is 1390. The maximum Gasteiger partial charge on any atom is 0.268 e. The zero-order valence-electron chi connectivity index (χ0n) is 17.8. The fraction of sp³-hybridized carbons (Fsp3) is 0.333. The predicted molar refractivity (Wildman–Crippen MR) is 115 cm³/mol. The second-order valence-corrected chi connectivity index (χ2v) is 9.81. The first kappa shape index (κ1) is 20.7. The van der Waals surface area contributed by atoms with Crippen molar-refractivity contribution >= 4 is 38.4 Å². The van der Waals surface area contributed by atoms with Crippen LogP contribution < -0.4 is 4.90 Å². The molecule has 4 heterocycles. The maximum absolute atomic E-state index is 13.5. The van der Waals surface area contributed by atoms with Gasteiger partial charge in [-0.05, 0) is 39.0 Å². The van der Waals surface area contributed by atoms with Gasteiger partial charge in [-0.15, -0.1) is 0 Å². The van der Waals surface area contributed by atoms with Gasteiger partial charge >= 0.3 is 0 Å². The zero-order valence-corrected chi connectivity index (χ0v) is 18.6. The average molecular weight is 455 g/mol. The van der Waals surface area contributed by atoms with Gasteiger partial charge in [0, 0.05) is 18.5 Å². The van der Waals surface area contributed by atoms with E-state index in [1.54, 1.807) is 26.8 Å². The minimum Gasteiger partial charge on any atom is -0.379 e. The zero-order chi connectivity index (χ0) is 22.8. The molecule has 1 N–H and O–H groups in total. The molecule has 166 valence electrons. The number of carbonyl (C=O) groups is 2. The van der Waals surface area contributed by atoms with Crippen LogP contribution in [0.25, 0.3) is 10.9 Å². The van der Waals surface area contributed by atoms with Gasteiger partial charge in [0.15, 0.2) is 0 Å². The minimum absolute atomic E-state index is 0.0501. The van der Waals surface area contributed by atoms with Crippen LogP contribution in [0.5, 0.6) is 0 Å². The van der Waals surface area contributed by atoms with Crippen molar-refractivity contribution in [3.63, 3.8) is 0 Å². The number of nitrogens with one attached hydrogen (secondary N) is 1. The second kappa shape index (κ2) is 7.19. The van der Waals surface area contributed by atoms with E-state index in [4.69, 9.17) is 4.74 Å². The first-order valence-corrected chi connectivity index (χ1v) is 11.6. The molecule has 0 unspecified atom stereocenters. The number of benzene rings is 1. The molecule has 0 atom stereocenters. The van der Waals surface area contributed by atoms with Gasteiger partial charge in [-0.1, -0.05) is 0 Å². The Morgan fingerprint density at radius 3 is 2.34 bits per heavy atom. The predicted octanol–water partition coefficient (Wildman–Crippen LogP) is 1.70. The number of aromatic nitrogens is 3. The third-order valence-electron chi connectivity index (χ3n) is 5.89. The summed E-state index contributed by atoms with van der Waals surface area (Å²) in [6.45, 7) is 6.28. The standard InChI is InChI=1S/C21H21N5O5S/c1-11-17-18(21(28)26(20(17)27)19-12(2)23-24-13(19)3)15-10-14(4-5-16(15)22-11)32(29,30)25-6-8-31-9-7-25/h4-5,10H,6-9H2,1-3H3,(H,23,24). The Morgan fingerprint density at radius 2 is 1.69 bits per heavy atom. The highest BCUT2D eigenvalue weighted by molar-refractivity contribution is 7.89. The van der Waals surface area contributed by atoms with E-state index in [0.29, 0.717) is 46.9 Å². The molecule has 2 aliphatic rings. The highest BCUT2D eigenvalue weighted by Gasteiger charge is 2.42. The first-order chi connectivity index (χ1) is 15.2. The lowest BCUT2D eigenvalue weighted by Crippen LogP contribution is -2.40. The molecule has 0 aliphatic carbocycles. The number of aromatic amines is 1. The fourth-order valence-corrected chi connectivity index (χ4v) is 5.77. The van der Waals surface area contributed by atoms with Crippen molar-refractivity contribution in [2.24, 2.45) is 0 Å². The minimum atomic E-state index is -3.78. The molecule has 3 aromatic rings. The number of morpholine rings is 1. The lowest BCUT2D eigenvalue weighted by atomic mass is 10.0. The van der Waals surface area contributed by atoms with Crippen molar-refractivity contribution in [3.8, 4) is 0 Å². The second-order valence-electron chi connectivity index (χ2n) is 7.87. The monoisotopic (exact) mass is 455 g/mol. The molecule has 1 aromatic carbocycles. The summed E-state index contributed by atoms with van der Waals surface area (Å²) in [4.78, 5) is 32.4. The third kappa shape index (κ3) is 2.89. The lowest BCUT2D eigenvalue weighted by Gasteiger charge is -2.26. The summed E-state index contributed by atoms with van der Waals surface area (Å²) < 4.78 is 32.9. The SMILES string of the molecule is Cc1nc2ccc(S(=O)(=O)N3CCOCC3)cc2c2c1C(=O)N(c1c(C)n[nH]c1C)C2=O. The number of hydrogen-bond donors (Lipinski definition) is 1. The van der Waals surface area contributed by atoms with Crippen LogP contribution in [0, 0.1) is 20.8 Å². The number of ether oxygens (including phenoxy) is 1. The van der Waals surface area contributed by atoms with E-state index in [1.807, 2.05) is 0 Å². The molecule has 0 bridgehead atoms. The number of pyridine rings is 1. The summed E-state index contributed by atoms with van der Waals surface area (Å²) in [6.07, 6.45) is 0. The van der Waals surface area contributed by atoms with Crippen molar-refractivity contribution < 1.29 is 22.7 Å². The quantitative estimate of drug-likeness (QED) is 0.596. The molecular weight excluding hydrogens is 434 g/mol. The van der Waals surface area contributed by atoms with Crippen LogP contribution in [0.3, 0.4) is 0 Å². The molecule has 10 nitrogen and oxygen atoms in total. The molecule has 5 rings (SSSR count). The number of fused-ring (bicyclic) bond motifs is 3. The van der Waals surface area contributed by atoms with Gasteiger partial charge in [-0.2, -0.15) is 9.40 Å². The summed E-state index contributed by atoms with van der Waals surface area (Å²) in [5.41, 5.74) is 2.72. The van der Waals surface area contributed by atoms with Gasteiger partial charge in [0.05, 0.1) is 57.5 Å². The number of anilines is 1. The molecule has 2 amide bonds. The molecule has 0 radical (unpaired) electrons. The van der Waals surface area contributed by atoms with Gasteiger partial charge in [0.1, 0.15) is 0 Å². The van der Waals surface area contributed by atoms with Gasteiger partial charge in [0.25, 0.3) is 11.8 Å². The number of nitrogens with zero attached hydrogens (tertiary/aromatic N) is 4. The Kier molecular flexibility index (Phi) is 4.66. The average Bonchev–Trinajstić information content (AvgIpc) is 3.24. The Hall–Kier alpha value is -3.15. The Balaban J connectivity index is 1.70. The summed E-state index contributed by atoms with van der Waals surface area (Å²) >= 11 is 0. The Labute approximate surface area is 184 Å². The van der Waals surface area contributed by atoms with Crippen LogP contribution in [-0.2, 0) is 14.8 Å². The number of rotatable bonds is 3. The van der Waals surface area contributed by atoms with Crippen LogP contribution in [0.4, 0.5) is 5.69 Å². The topological polar surface area (TPSA) is 126 Å². The van der Waals surface area contributed by atoms with Gasteiger partial charge in [-0.3, -0.25) is 19.7 Å². The van der Waals surface area contributed by atoms with Crippen LogP contribution in [-0.4, -0.2) is 66.0 Å². The van der Waals surface area contributed by atoms with Crippen LogP contribution in [0.1, 0.15) is 37.8 Å². The van der Waals surface area contributed by atoms with Crippen LogP contribution >= 0.6 is 0 Å². The molecular formula is C21H21N5O5S. The van der Waals surface area contributed by atoms with E-state index >= 15 is 0 Å². The lowest BCUT2D eigenvalue weighted by molar-refractivity contribution is 0.0730. The smallest absolute Gasteiger partial charge is 0.268 e. The molecule has 0 saturated carbocycles. The number of aryl methyl sites for hydroxylation is 3. The van der Waals surface area contributed by atoms with Crippen molar-refractivity contribution in [1.29, 1.82) is 0 Å². The third-order valence-corrected chi connectivity index (χ3v) is 7.79. The summed E-state index contributed by atoms with van der Waals surface area (Å²) in [7, 11) is -3.78.